The van der Waals surface area contributed by atoms with E-state index in [1.807, 2.05) is 31.2 Å². The molecule has 1 aliphatic heterocycles. The van der Waals surface area contributed by atoms with Crippen LogP contribution in [0.4, 0.5) is 5.13 Å². The normalized spacial score (nSPS) is 15.4. The van der Waals surface area contributed by atoms with Crippen molar-refractivity contribution in [2.45, 2.75) is 22.6 Å². The number of nitrogens with one attached hydrogen (secondary N) is 1. The molecule has 0 aliphatic carbocycles. The van der Waals surface area contributed by atoms with E-state index >= 15 is 0 Å². The van der Waals surface area contributed by atoms with E-state index < -0.39 is 6.10 Å². The predicted octanol–water partition coefficient (Wildman–Crippen LogP) is 3.28. The molecule has 3 heterocycles. The number of para-hydroxylation sites is 2. The van der Waals surface area contributed by atoms with E-state index in [-0.39, 0.29) is 23.5 Å². The van der Waals surface area contributed by atoms with Crippen LogP contribution in [0.5, 0.6) is 11.5 Å². The number of nitrogens with zero attached hydrogens (tertiary/aromatic N) is 4. The first-order valence-corrected chi connectivity index (χ1v) is 11.1. The summed E-state index contributed by atoms with van der Waals surface area (Å²) in [6, 6.07) is 7.39. The molecule has 1 N–H and O–H groups in total. The average molecular weight is 438 g/mol. The highest BCUT2D eigenvalue weighted by Crippen LogP contribution is 2.36. The number of thioether (sulfide) groups is 2. The largest absolute Gasteiger partial charge is 0.485 e. The molecule has 1 aromatic carbocycles. The van der Waals surface area contributed by atoms with E-state index in [1.165, 1.54) is 11.3 Å². The van der Waals surface area contributed by atoms with Crippen LogP contribution < -0.4 is 14.8 Å². The number of amides is 1. The van der Waals surface area contributed by atoms with E-state index in [0.717, 1.165) is 21.9 Å². The number of hydrogen-bond donors (Lipinski definition) is 1. The zero-order valence-corrected chi connectivity index (χ0v) is 17.1. The number of aromatic nitrogens is 4. The van der Waals surface area contributed by atoms with Crippen LogP contribution in [0.15, 0.2) is 38.2 Å². The van der Waals surface area contributed by atoms with E-state index in [9.17, 15) is 4.79 Å². The monoisotopic (exact) mass is 437 g/mol. The Labute approximate surface area is 172 Å². The third-order valence-corrected chi connectivity index (χ3v) is 6.13. The van der Waals surface area contributed by atoms with Gasteiger partial charge in [-0.3, -0.25) is 10.1 Å². The fourth-order valence-corrected chi connectivity index (χ4v) is 4.51. The molecule has 28 heavy (non-hydrogen) atoms. The van der Waals surface area contributed by atoms with Gasteiger partial charge in [0, 0.05) is 0 Å². The lowest BCUT2D eigenvalue weighted by molar-refractivity contribution is -0.113. The maximum Gasteiger partial charge on any atom is 0.277 e. The molecule has 146 valence electrons. The third kappa shape index (κ3) is 4.56. The van der Waals surface area contributed by atoms with Crippen LogP contribution in [-0.2, 0) is 4.79 Å². The molecule has 0 bridgehead atoms. The van der Waals surface area contributed by atoms with Crippen molar-refractivity contribution in [1.29, 1.82) is 0 Å². The fourth-order valence-electron chi connectivity index (χ4n) is 2.27. The summed E-state index contributed by atoms with van der Waals surface area (Å²) < 4.78 is 17.9. The Bertz CT molecular complexity index is 963. The van der Waals surface area contributed by atoms with E-state index in [1.54, 1.807) is 11.8 Å². The fraction of sp³-hybridized carbons (Fsp3) is 0.312. The second-order valence-electron chi connectivity index (χ2n) is 5.41. The Balaban J connectivity index is 1.29. The van der Waals surface area contributed by atoms with Crippen LogP contribution >= 0.6 is 34.9 Å². The Morgan fingerprint density at radius 3 is 2.93 bits per heavy atom. The minimum absolute atomic E-state index is 0.113. The molecule has 1 unspecified atom stereocenters. The van der Waals surface area contributed by atoms with Gasteiger partial charge in [0.05, 0.1) is 5.75 Å². The molecule has 3 aromatic rings. The van der Waals surface area contributed by atoms with Gasteiger partial charge in [-0.2, -0.15) is 0 Å². The van der Waals surface area contributed by atoms with Gasteiger partial charge in [-0.25, -0.2) is 0 Å². The van der Waals surface area contributed by atoms with Crippen LogP contribution in [0.2, 0.25) is 0 Å². The highest BCUT2D eigenvalue weighted by atomic mass is 32.2. The zero-order chi connectivity index (χ0) is 19.3. The second kappa shape index (κ2) is 8.80. The standard InChI is InChI=1S/C16H15N5O4S3/c1-2-26-16-21-19-14(28-16)17-12(22)8-27-15-20-18-13(25-15)11-7-23-9-5-3-4-6-10(9)24-11/h3-6,11H,2,7-8H2,1H3,(H,17,19,22). The van der Waals surface area contributed by atoms with Gasteiger partial charge in [0.1, 0.15) is 6.61 Å². The summed E-state index contributed by atoms with van der Waals surface area (Å²) in [5.74, 6) is 2.41. The lowest BCUT2D eigenvalue weighted by Gasteiger charge is -2.23. The highest BCUT2D eigenvalue weighted by Gasteiger charge is 2.27. The first-order valence-electron chi connectivity index (χ1n) is 8.32. The third-order valence-electron chi connectivity index (χ3n) is 3.45. The van der Waals surface area contributed by atoms with Crippen LogP contribution in [-0.4, -0.2) is 44.4 Å². The van der Waals surface area contributed by atoms with Crippen molar-refractivity contribution < 1.29 is 18.7 Å². The molecule has 4 rings (SSSR count). The van der Waals surface area contributed by atoms with Crippen LogP contribution in [0.3, 0.4) is 0 Å². The maximum atomic E-state index is 12.1. The van der Waals surface area contributed by atoms with Gasteiger partial charge >= 0.3 is 0 Å². The molecule has 0 radical (unpaired) electrons. The lowest BCUT2D eigenvalue weighted by atomic mass is 10.2. The van der Waals surface area contributed by atoms with Crippen molar-refractivity contribution in [3.8, 4) is 11.5 Å². The van der Waals surface area contributed by atoms with Crippen molar-refractivity contribution in [3.63, 3.8) is 0 Å². The number of benzene rings is 1. The van der Waals surface area contributed by atoms with Crippen molar-refractivity contribution in [1.82, 2.24) is 20.4 Å². The van der Waals surface area contributed by atoms with Crippen molar-refractivity contribution in [3.05, 3.63) is 30.2 Å². The number of hydrogen-bond acceptors (Lipinski definition) is 11. The van der Waals surface area contributed by atoms with Gasteiger partial charge in [0.25, 0.3) is 11.1 Å². The molecule has 12 heteroatoms. The van der Waals surface area contributed by atoms with Crippen molar-refractivity contribution >= 4 is 45.9 Å². The summed E-state index contributed by atoms with van der Waals surface area (Å²) in [7, 11) is 0. The summed E-state index contributed by atoms with van der Waals surface area (Å²) in [6.45, 7) is 2.31. The molecule has 2 aromatic heterocycles. The number of fused-ring (bicyclic) bond motifs is 1. The van der Waals surface area contributed by atoms with E-state index in [0.29, 0.717) is 22.5 Å². The molecule has 9 nitrogen and oxygen atoms in total. The SMILES string of the molecule is CCSc1nnc(NC(=O)CSc2nnc(C3COc4ccccc4O3)o2)s1. The Kier molecular flexibility index (Phi) is 5.98. The van der Waals surface area contributed by atoms with Gasteiger partial charge in [0.2, 0.25) is 17.1 Å². The van der Waals surface area contributed by atoms with Crippen LogP contribution in [0, 0.1) is 0 Å². The summed E-state index contributed by atoms with van der Waals surface area (Å²) in [5, 5.41) is 19.4. The summed E-state index contributed by atoms with van der Waals surface area (Å²) in [4.78, 5) is 12.1. The van der Waals surface area contributed by atoms with Crippen LogP contribution in [0.1, 0.15) is 18.9 Å². The lowest BCUT2D eigenvalue weighted by Crippen LogP contribution is -2.21. The van der Waals surface area contributed by atoms with Gasteiger partial charge in [0.15, 0.2) is 15.8 Å². The highest BCUT2D eigenvalue weighted by molar-refractivity contribution is 8.01. The van der Waals surface area contributed by atoms with E-state index in [2.05, 4.69) is 25.7 Å². The van der Waals surface area contributed by atoms with Gasteiger partial charge in [-0.05, 0) is 17.9 Å². The van der Waals surface area contributed by atoms with E-state index in [4.69, 9.17) is 13.9 Å². The molecule has 1 aliphatic rings. The Hall–Kier alpha value is -2.31. The molecular weight excluding hydrogens is 422 g/mol. The van der Waals surface area contributed by atoms with Crippen molar-refractivity contribution in [2.75, 3.05) is 23.4 Å². The molecule has 1 atom stereocenters. The zero-order valence-electron chi connectivity index (χ0n) is 14.7. The second-order valence-corrected chi connectivity index (χ2v) is 8.83. The molecule has 0 fully saturated rings. The Morgan fingerprint density at radius 1 is 1.21 bits per heavy atom. The number of ether oxygens (including phenoxy) is 2. The summed E-state index contributed by atoms with van der Waals surface area (Å²) >= 11 is 4.06. The summed E-state index contributed by atoms with van der Waals surface area (Å²) in [5.41, 5.74) is 0. The van der Waals surface area contributed by atoms with Gasteiger partial charge in [-0.1, -0.05) is 53.9 Å². The van der Waals surface area contributed by atoms with Gasteiger partial charge in [-0.15, -0.1) is 20.4 Å². The maximum absolute atomic E-state index is 12.1. The van der Waals surface area contributed by atoms with Crippen LogP contribution in [0.25, 0.3) is 0 Å². The first kappa shape index (κ1) is 19.0. The first-order chi connectivity index (χ1) is 13.7. The van der Waals surface area contributed by atoms with Crippen molar-refractivity contribution in [2.24, 2.45) is 0 Å². The average Bonchev–Trinajstić information content (AvgIpc) is 3.36. The smallest absolute Gasteiger partial charge is 0.277 e. The molecule has 0 saturated carbocycles. The molecular formula is C16H15N5O4S3. The molecule has 0 spiro atoms. The minimum atomic E-state index is -0.485. The molecule has 1 amide bonds. The number of anilines is 1. The summed E-state index contributed by atoms with van der Waals surface area (Å²) in [6.07, 6.45) is -0.485. The number of rotatable bonds is 7. The predicted molar refractivity (Wildman–Crippen MR) is 105 cm³/mol. The minimum Gasteiger partial charge on any atom is -0.485 e. The topological polar surface area (TPSA) is 112 Å². The number of carbonyl (C=O) groups excluding carboxylic acids is 1. The van der Waals surface area contributed by atoms with Gasteiger partial charge < -0.3 is 13.9 Å². The number of carbonyl (C=O) groups is 1. The quantitative estimate of drug-likeness (QED) is 0.436. The molecule has 0 saturated heterocycles. The Morgan fingerprint density at radius 2 is 2.07 bits per heavy atom.